The summed E-state index contributed by atoms with van der Waals surface area (Å²) in [7, 11) is 0. The van der Waals surface area contributed by atoms with Crippen molar-refractivity contribution in [2.45, 2.75) is 20.0 Å². The summed E-state index contributed by atoms with van der Waals surface area (Å²) in [6, 6.07) is 12.2. The van der Waals surface area contributed by atoms with Crippen LogP contribution in [-0.2, 0) is 13.1 Å². The first-order valence-electron chi connectivity index (χ1n) is 7.92. The van der Waals surface area contributed by atoms with E-state index >= 15 is 0 Å². The Morgan fingerprint density at radius 3 is 2.78 bits per heavy atom. The number of imidazole rings is 1. The third-order valence-electron chi connectivity index (χ3n) is 4.03. The van der Waals surface area contributed by atoms with Crippen LogP contribution in [0.3, 0.4) is 0 Å². The van der Waals surface area contributed by atoms with Gasteiger partial charge in [-0.2, -0.15) is 0 Å². The Morgan fingerprint density at radius 2 is 2.00 bits per heavy atom. The average molecular weight is 310 g/mol. The minimum Gasteiger partial charge on any atom is -0.395 e. The number of para-hydroxylation sites is 2. The van der Waals surface area contributed by atoms with Crippen LogP contribution in [0.2, 0.25) is 0 Å². The van der Waals surface area contributed by atoms with E-state index in [9.17, 15) is 5.11 Å². The van der Waals surface area contributed by atoms with Crippen LogP contribution < -0.4 is 0 Å². The molecule has 0 atom stereocenters. The second-order valence-electron chi connectivity index (χ2n) is 5.66. The van der Waals surface area contributed by atoms with E-state index in [4.69, 9.17) is 0 Å². The van der Waals surface area contributed by atoms with Crippen molar-refractivity contribution in [1.82, 2.24) is 19.4 Å². The third kappa shape index (κ3) is 3.75. The first-order chi connectivity index (χ1) is 11.3. The number of rotatable bonds is 7. The van der Waals surface area contributed by atoms with Gasteiger partial charge in [-0.1, -0.05) is 18.2 Å². The van der Waals surface area contributed by atoms with Crippen LogP contribution in [0.15, 0.2) is 48.8 Å². The molecule has 3 rings (SSSR count). The summed E-state index contributed by atoms with van der Waals surface area (Å²) in [6.45, 7) is 5.35. The van der Waals surface area contributed by atoms with E-state index in [1.807, 2.05) is 37.4 Å². The van der Waals surface area contributed by atoms with Crippen molar-refractivity contribution in [1.29, 1.82) is 0 Å². The Bertz CT molecular complexity index is 754. The zero-order valence-electron chi connectivity index (χ0n) is 13.4. The molecule has 0 saturated carbocycles. The maximum absolute atomic E-state index is 9.32. The summed E-state index contributed by atoms with van der Waals surface area (Å²) in [5, 5.41) is 9.32. The van der Waals surface area contributed by atoms with E-state index in [1.165, 1.54) is 0 Å². The van der Waals surface area contributed by atoms with E-state index in [0.29, 0.717) is 6.54 Å². The molecule has 1 N–H and O–H groups in total. The lowest BCUT2D eigenvalue weighted by molar-refractivity contribution is 0.185. The molecule has 0 amide bonds. The molecule has 0 fully saturated rings. The molecule has 0 unspecified atom stereocenters. The Hall–Kier alpha value is -2.24. The molecule has 23 heavy (non-hydrogen) atoms. The van der Waals surface area contributed by atoms with Gasteiger partial charge in [-0.25, -0.2) is 4.98 Å². The SMILES string of the molecule is Cc1nc2ccccc2n1CCN(CCO)Cc1cccnc1. The van der Waals surface area contributed by atoms with Crippen LogP contribution in [-0.4, -0.2) is 44.2 Å². The van der Waals surface area contributed by atoms with Crippen LogP contribution in [0.25, 0.3) is 11.0 Å². The molecule has 2 aromatic heterocycles. The highest BCUT2D eigenvalue weighted by molar-refractivity contribution is 5.75. The van der Waals surface area contributed by atoms with Gasteiger partial charge in [0.1, 0.15) is 5.82 Å². The average Bonchev–Trinajstić information content (AvgIpc) is 2.89. The molecule has 0 aliphatic heterocycles. The largest absolute Gasteiger partial charge is 0.395 e. The number of aliphatic hydroxyl groups is 1. The van der Waals surface area contributed by atoms with E-state index < -0.39 is 0 Å². The zero-order valence-corrected chi connectivity index (χ0v) is 13.4. The molecule has 1 aromatic carbocycles. The molecule has 5 nitrogen and oxygen atoms in total. The lowest BCUT2D eigenvalue weighted by Gasteiger charge is -2.22. The molecule has 0 aliphatic rings. The van der Waals surface area contributed by atoms with Gasteiger partial charge in [0.15, 0.2) is 0 Å². The lowest BCUT2D eigenvalue weighted by atomic mass is 10.2. The topological polar surface area (TPSA) is 54.2 Å². The van der Waals surface area contributed by atoms with Crippen LogP contribution in [0, 0.1) is 6.92 Å². The van der Waals surface area contributed by atoms with Crippen molar-refractivity contribution < 1.29 is 5.11 Å². The molecule has 3 aromatic rings. The Labute approximate surface area is 136 Å². The molecular weight excluding hydrogens is 288 g/mol. The highest BCUT2D eigenvalue weighted by Gasteiger charge is 2.10. The van der Waals surface area contributed by atoms with Gasteiger partial charge in [0, 0.05) is 38.6 Å². The van der Waals surface area contributed by atoms with Crippen LogP contribution in [0.1, 0.15) is 11.4 Å². The van der Waals surface area contributed by atoms with E-state index in [1.54, 1.807) is 6.20 Å². The second-order valence-corrected chi connectivity index (χ2v) is 5.66. The van der Waals surface area contributed by atoms with Crippen molar-refractivity contribution in [3.8, 4) is 0 Å². The summed E-state index contributed by atoms with van der Waals surface area (Å²) in [4.78, 5) is 11.0. The molecule has 0 saturated heterocycles. The maximum atomic E-state index is 9.32. The standard InChI is InChI=1S/C18H22N4O/c1-15-20-17-6-2-3-7-18(17)22(15)10-9-21(11-12-23)14-16-5-4-8-19-13-16/h2-8,13,23H,9-12,14H2,1H3. The molecule has 2 heterocycles. The fourth-order valence-electron chi connectivity index (χ4n) is 2.88. The maximum Gasteiger partial charge on any atom is 0.106 e. The highest BCUT2D eigenvalue weighted by Crippen LogP contribution is 2.15. The number of aromatic nitrogens is 3. The number of hydrogen-bond donors (Lipinski definition) is 1. The number of fused-ring (bicyclic) bond motifs is 1. The lowest BCUT2D eigenvalue weighted by Crippen LogP contribution is -2.30. The first-order valence-corrected chi connectivity index (χ1v) is 7.92. The van der Waals surface area contributed by atoms with Gasteiger partial charge in [0.05, 0.1) is 17.6 Å². The number of hydrogen-bond acceptors (Lipinski definition) is 4. The van der Waals surface area contributed by atoms with E-state index in [-0.39, 0.29) is 6.61 Å². The smallest absolute Gasteiger partial charge is 0.106 e. The molecule has 5 heteroatoms. The highest BCUT2D eigenvalue weighted by atomic mass is 16.3. The molecule has 120 valence electrons. The van der Waals surface area contributed by atoms with Gasteiger partial charge in [0.2, 0.25) is 0 Å². The Morgan fingerprint density at radius 1 is 1.13 bits per heavy atom. The van der Waals surface area contributed by atoms with Crippen LogP contribution in [0.5, 0.6) is 0 Å². The molecule has 0 bridgehead atoms. The van der Waals surface area contributed by atoms with Gasteiger partial charge >= 0.3 is 0 Å². The summed E-state index contributed by atoms with van der Waals surface area (Å²) < 4.78 is 2.24. The van der Waals surface area contributed by atoms with Gasteiger partial charge in [0.25, 0.3) is 0 Å². The van der Waals surface area contributed by atoms with Crippen molar-refractivity contribution in [2.75, 3.05) is 19.7 Å². The number of pyridine rings is 1. The summed E-state index contributed by atoms with van der Waals surface area (Å²) in [6.07, 6.45) is 3.66. The number of nitrogens with zero attached hydrogens (tertiary/aromatic N) is 4. The Balaban J connectivity index is 1.72. The van der Waals surface area contributed by atoms with E-state index in [2.05, 4.69) is 31.6 Å². The van der Waals surface area contributed by atoms with Crippen molar-refractivity contribution >= 4 is 11.0 Å². The van der Waals surface area contributed by atoms with Crippen LogP contribution >= 0.6 is 0 Å². The normalized spacial score (nSPS) is 11.4. The zero-order chi connectivity index (χ0) is 16.1. The molecule has 0 aliphatic carbocycles. The van der Waals surface area contributed by atoms with Gasteiger partial charge in [-0.3, -0.25) is 9.88 Å². The summed E-state index contributed by atoms with van der Waals surface area (Å²) in [5.74, 6) is 1.02. The predicted octanol–water partition coefficient (Wildman–Crippen LogP) is 2.23. The summed E-state index contributed by atoms with van der Waals surface area (Å²) in [5.41, 5.74) is 3.36. The molecular formula is C18H22N4O. The minimum atomic E-state index is 0.157. The van der Waals surface area contributed by atoms with Crippen molar-refractivity contribution in [3.05, 3.63) is 60.2 Å². The second kappa shape index (κ2) is 7.35. The molecule has 0 radical (unpaired) electrons. The minimum absolute atomic E-state index is 0.157. The van der Waals surface area contributed by atoms with Gasteiger partial charge in [-0.05, 0) is 30.7 Å². The molecule has 0 spiro atoms. The quantitative estimate of drug-likeness (QED) is 0.727. The predicted molar refractivity (Wildman–Crippen MR) is 91.1 cm³/mol. The number of aliphatic hydroxyl groups excluding tert-OH is 1. The fourth-order valence-corrected chi connectivity index (χ4v) is 2.88. The van der Waals surface area contributed by atoms with Gasteiger partial charge in [-0.15, -0.1) is 0 Å². The number of aryl methyl sites for hydroxylation is 1. The van der Waals surface area contributed by atoms with E-state index in [0.717, 1.165) is 42.1 Å². The third-order valence-corrected chi connectivity index (χ3v) is 4.03. The Kier molecular flexibility index (Phi) is 5.00. The van der Waals surface area contributed by atoms with Crippen molar-refractivity contribution in [3.63, 3.8) is 0 Å². The first kappa shape index (κ1) is 15.6. The summed E-state index contributed by atoms with van der Waals surface area (Å²) >= 11 is 0. The van der Waals surface area contributed by atoms with Crippen LogP contribution in [0.4, 0.5) is 0 Å². The number of benzene rings is 1. The van der Waals surface area contributed by atoms with Crippen molar-refractivity contribution in [2.24, 2.45) is 0 Å². The monoisotopic (exact) mass is 310 g/mol. The fraction of sp³-hybridized carbons (Fsp3) is 0.333. The van der Waals surface area contributed by atoms with Gasteiger partial charge < -0.3 is 9.67 Å².